The number of piperidine rings is 1. The predicted molar refractivity (Wildman–Crippen MR) is 85.8 cm³/mol. The average molecular weight is 282 g/mol. The standard InChI is InChI=1S/C17H34N2O/c1-4-5-6-11-17(2,3)14-19-16(20)10-9-15-8-7-12-18-13-15/h15,18H,4-14H2,1-3H3,(H,19,20). The molecule has 0 aromatic carbocycles. The molecule has 1 unspecified atom stereocenters. The summed E-state index contributed by atoms with van der Waals surface area (Å²) >= 11 is 0. The second kappa shape index (κ2) is 9.38. The first-order valence-corrected chi connectivity index (χ1v) is 8.51. The number of nitrogens with one attached hydrogen (secondary N) is 2. The van der Waals surface area contributed by atoms with Crippen molar-refractivity contribution in [2.75, 3.05) is 19.6 Å². The Morgan fingerprint density at radius 3 is 2.80 bits per heavy atom. The van der Waals surface area contributed by atoms with E-state index in [4.69, 9.17) is 0 Å². The number of hydrogen-bond acceptors (Lipinski definition) is 2. The van der Waals surface area contributed by atoms with E-state index in [0.717, 1.165) is 26.1 Å². The molecule has 0 saturated carbocycles. The smallest absolute Gasteiger partial charge is 0.220 e. The van der Waals surface area contributed by atoms with Crippen molar-refractivity contribution in [3.8, 4) is 0 Å². The third kappa shape index (κ3) is 7.88. The van der Waals surface area contributed by atoms with Crippen LogP contribution in [0, 0.1) is 11.3 Å². The van der Waals surface area contributed by atoms with Crippen LogP contribution in [-0.4, -0.2) is 25.5 Å². The molecule has 1 amide bonds. The van der Waals surface area contributed by atoms with Gasteiger partial charge in [-0.2, -0.15) is 0 Å². The van der Waals surface area contributed by atoms with Crippen molar-refractivity contribution in [1.29, 1.82) is 0 Å². The van der Waals surface area contributed by atoms with Crippen LogP contribution in [0.1, 0.15) is 72.1 Å². The van der Waals surface area contributed by atoms with E-state index in [2.05, 4.69) is 31.4 Å². The van der Waals surface area contributed by atoms with Crippen LogP contribution >= 0.6 is 0 Å². The summed E-state index contributed by atoms with van der Waals surface area (Å²) in [6.07, 6.45) is 9.30. The van der Waals surface area contributed by atoms with Crippen molar-refractivity contribution < 1.29 is 4.79 Å². The minimum absolute atomic E-state index is 0.233. The molecule has 3 nitrogen and oxygen atoms in total. The maximum atomic E-state index is 11.9. The van der Waals surface area contributed by atoms with Crippen LogP contribution < -0.4 is 10.6 Å². The van der Waals surface area contributed by atoms with E-state index in [9.17, 15) is 4.79 Å². The van der Waals surface area contributed by atoms with Gasteiger partial charge in [0.1, 0.15) is 0 Å². The van der Waals surface area contributed by atoms with Gasteiger partial charge < -0.3 is 10.6 Å². The van der Waals surface area contributed by atoms with E-state index < -0.39 is 0 Å². The molecule has 0 bridgehead atoms. The summed E-state index contributed by atoms with van der Waals surface area (Å²) < 4.78 is 0. The first-order chi connectivity index (χ1) is 9.53. The Morgan fingerprint density at radius 2 is 2.15 bits per heavy atom. The van der Waals surface area contributed by atoms with Crippen LogP contribution in [0.15, 0.2) is 0 Å². The molecule has 1 heterocycles. The zero-order chi connectivity index (χ0) is 14.8. The quantitative estimate of drug-likeness (QED) is 0.636. The molecule has 1 rings (SSSR count). The van der Waals surface area contributed by atoms with E-state index >= 15 is 0 Å². The van der Waals surface area contributed by atoms with Crippen LogP contribution in [0.3, 0.4) is 0 Å². The Labute approximate surface area is 125 Å². The van der Waals surface area contributed by atoms with Gasteiger partial charge in [0.25, 0.3) is 0 Å². The zero-order valence-corrected chi connectivity index (χ0v) is 13.8. The molecule has 0 radical (unpaired) electrons. The maximum Gasteiger partial charge on any atom is 0.220 e. The van der Waals surface area contributed by atoms with Crippen molar-refractivity contribution in [1.82, 2.24) is 10.6 Å². The molecule has 1 atom stereocenters. The van der Waals surface area contributed by atoms with Crippen LogP contribution in [0.2, 0.25) is 0 Å². The molecular weight excluding hydrogens is 248 g/mol. The summed E-state index contributed by atoms with van der Waals surface area (Å²) in [5.74, 6) is 0.936. The first kappa shape index (κ1) is 17.5. The summed E-state index contributed by atoms with van der Waals surface area (Å²) in [5.41, 5.74) is 0.233. The summed E-state index contributed by atoms with van der Waals surface area (Å²) in [6, 6.07) is 0. The van der Waals surface area contributed by atoms with Gasteiger partial charge in [-0.3, -0.25) is 4.79 Å². The number of amides is 1. The third-order valence-electron chi connectivity index (χ3n) is 4.40. The highest BCUT2D eigenvalue weighted by atomic mass is 16.1. The molecule has 0 spiro atoms. The molecular formula is C17H34N2O. The molecule has 0 aliphatic carbocycles. The number of hydrogen-bond donors (Lipinski definition) is 2. The molecule has 0 aromatic rings. The van der Waals surface area contributed by atoms with Crippen molar-refractivity contribution in [3.63, 3.8) is 0 Å². The Morgan fingerprint density at radius 1 is 1.35 bits per heavy atom. The highest BCUT2D eigenvalue weighted by molar-refractivity contribution is 5.75. The fourth-order valence-corrected chi connectivity index (χ4v) is 2.87. The summed E-state index contributed by atoms with van der Waals surface area (Å²) in [5, 5.41) is 6.54. The van der Waals surface area contributed by atoms with Crippen LogP contribution in [0.25, 0.3) is 0 Å². The molecule has 1 aliphatic rings. The van der Waals surface area contributed by atoms with E-state index in [0.29, 0.717) is 12.3 Å². The van der Waals surface area contributed by atoms with Gasteiger partial charge in [-0.05, 0) is 50.1 Å². The number of unbranched alkanes of at least 4 members (excludes halogenated alkanes) is 2. The molecule has 1 saturated heterocycles. The molecule has 118 valence electrons. The van der Waals surface area contributed by atoms with Gasteiger partial charge >= 0.3 is 0 Å². The highest BCUT2D eigenvalue weighted by Crippen LogP contribution is 2.23. The summed E-state index contributed by atoms with van der Waals surface area (Å²) in [4.78, 5) is 11.9. The van der Waals surface area contributed by atoms with Crippen LogP contribution in [0.5, 0.6) is 0 Å². The molecule has 1 fully saturated rings. The second-order valence-electron chi connectivity index (χ2n) is 7.15. The summed E-state index contributed by atoms with van der Waals surface area (Å²) in [7, 11) is 0. The predicted octanol–water partition coefficient (Wildman–Crippen LogP) is 3.49. The molecule has 3 heteroatoms. The van der Waals surface area contributed by atoms with Crippen molar-refractivity contribution in [2.24, 2.45) is 11.3 Å². The molecule has 2 N–H and O–H groups in total. The molecule has 1 aliphatic heterocycles. The largest absolute Gasteiger partial charge is 0.356 e. The van der Waals surface area contributed by atoms with Gasteiger partial charge in [-0.1, -0.05) is 40.0 Å². The van der Waals surface area contributed by atoms with Crippen LogP contribution in [0.4, 0.5) is 0 Å². The van der Waals surface area contributed by atoms with Gasteiger partial charge in [-0.15, -0.1) is 0 Å². The normalized spacial score (nSPS) is 19.9. The van der Waals surface area contributed by atoms with E-state index in [1.54, 1.807) is 0 Å². The lowest BCUT2D eigenvalue weighted by atomic mass is 9.86. The van der Waals surface area contributed by atoms with Crippen molar-refractivity contribution in [3.05, 3.63) is 0 Å². The van der Waals surface area contributed by atoms with Crippen molar-refractivity contribution in [2.45, 2.75) is 72.1 Å². The van der Waals surface area contributed by atoms with Gasteiger partial charge in [0.15, 0.2) is 0 Å². The number of carbonyl (C=O) groups excluding carboxylic acids is 1. The topological polar surface area (TPSA) is 41.1 Å². The van der Waals surface area contributed by atoms with Crippen LogP contribution in [-0.2, 0) is 4.79 Å². The van der Waals surface area contributed by atoms with Crippen molar-refractivity contribution >= 4 is 5.91 Å². The van der Waals surface area contributed by atoms with E-state index in [1.807, 2.05) is 0 Å². The monoisotopic (exact) mass is 282 g/mol. The fraction of sp³-hybridized carbons (Fsp3) is 0.941. The van der Waals surface area contributed by atoms with E-state index in [-0.39, 0.29) is 11.3 Å². The van der Waals surface area contributed by atoms with Gasteiger partial charge in [0.05, 0.1) is 0 Å². The third-order valence-corrected chi connectivity index (χ3v) is 4.40. The Kier molecular flexibility index (Phi) is 8.20. The lowest BCUT2D eigenvalue weighted by molar-refractivity contribution is -0.121. The van der Waals surface area contributed by atoms with Gasteiger partial charge in [0.2, 0.25) is 5.91 Å². The Balaban J connectivity index is 2.11. The minimum Gasteiger partial charge on any atom is -0.356 e. The molecule has 20 heavy (non-hydrogen) atoms. The minimum atomic E-state index is 0.233. The SMILES string of the molecule is CCCCCC(C)(C)CNC(=O)CCC1CCCNC1. The second-order valence-corrected chi connectivity index (χ2v) is 7.15. The first-order valence-electron chi connectivity index (χ1n) is 8.51. The zero-order valence-electron chi connectivity index (χ0n) is 13.8. The number of carbonyl (C=O) groups is 1. The lowest BCUT2D eigenvalue weighted by Gasteiger charge is -2.26. The Bertz CT molecular complexity index is 270. The molecule has 0 aromatic heterocycles. The van der Waals surface area contributed by atoms with Gasteiger partial charge in [0, 0.05) is 13.0 Å². The summed E-state index contributed by atoms with van der Waals surface area (Å²) in [6.45, 7) is 9.81. The number of rotatable bonds is 9. The fourth-order valence-electron chi connectivity index (χ4n) is 2.87. The average Bonchev–Trinajstić information content (AvgIpc) is 2.44. The van der Waals surface area contributed by atoms with Gasteiger partial charge in [-0.25, -0.2) is 0 Å². The Hall–Kier alpha value is -0.570. The van der Waals surface area contributed by atoms with E-state index in [1.165, 1.54) is 38.5 Å². The lowest BCUT2D eigenvalue weighted by Crippen LogP contribution is -2.35. The highest BCUT2D eigenvalue weighted by Gasteiger charge is 2.19. The maximum absolute atomic E-state index is 11.9.